The lowest BCUT2D eigenvalue weighted by Crippen LogP contribution is -2.00. The molecule has 20 heavy (non-hydrogen) atoms. The van der Waals surface area contributed by atoms with Crippen LogP contribution in [0.2, 0.25) is 0 Å². The van der Waals surface area contributed by atoms with Crippen molar-refractivity contribution in [2.75, 3.05) is 12.8 Å². The second kappa shape index (κ2) is 5.34. The van der Waals surface area contributed by atoms with E-state index in [4.69, 9.17) is 15.7 Å². The number of benzene rings is 2. The number of methoxy groups -OCH3 is 1. The number of hydrogen-bond donors (Lipinski definition) is 1. The summed E-state index contributed by atoms with van der Waals surface area (Å²) in [7, 11) is 1.60. The fraction of sp³-hybridized carbons (Fsp3) is 0.125. The summed E-state index contributed by atoms with van der Waals surface area (Å²) in [5, 5.41) is 18.4. The van der Waals surface area contributed by atoms with Crippen molar-refractivity contribution in [3.8, 4) is 29.0 Å². The molecule has 0 unspecified atom stereocenters. The summed E-state index contributed by atoms with van der Waals surface area (Å²) in [4.78, 5) is 0. The van der Waals surface area contributed by atoms with Gasteiger partial charge in [-0.2, -0.15) is 10.5 Å². The number of aryl methyl sites for hydroxylation is 1. The Morgan fingerprint density at radius 3 is 2.15 bits per heavy atom. The summed E-state index contributed by atoms with van der Waals surface area (Å²) >= 11 is 0. The van der Waals surface area contributed by atoms with E-state index in [9.17, 15) is 5.26 Å². The zero-order chi connectivity index (χ0) is 14.7. The first-order valence-electron chi connectivity index (χ1n) is 6.00. The van der Waals surface area contributed by atoms with Gasteiger partial charge >= 0.3 is 0 Å². The van der Waals surface area contributed by atoms with E-state index in [1.165, 1.54) is 0 Å². The maximum absolute atomic E-state index is 9.31. The van der Waals surface area contributed by atoms with E-state index in [0.29, 0.717) is 11.1 Å². The van der Waals surface area contributed by atoms with Gasteiger partial charge in [-0.3, -0.25) is 0 Å². The SMILES string of the molecule is COc1ccc(-c2cc(C)c(C#N)c(N)c2C#N)cc1. The highest BCUT2D eigenvalue weighted by atomic mass is 16.5. The van der Waals surface area contributed by atoms with Gasteiger partial charge in [0.05, 0.1) is 23.9 Å². The molecule has 0 saturated heterocycles. The summed E-state index contributed by atoms with van der Waals surface area (Å²) in [6.07, 6.45) is 0. The first-order chi connectivity index (χ1) is 9.62. The van der Waals surface area contributed by atoms with E-state index in [2.05, 4.69) is 6.07 Å². The molecular weight excluding hydrogens is 250 g/mol. The Morgan fingerprint density at radius 2 is 1.65 bits per heavy atom. The lowest BCUT2D eigenvalue weighted by Gasteiger charge is -2.11. The summed E-state index contributed by atoms with van der Waals surface area (Å²) in [6.45, 7) is 1.81. The van der Waals surface area contributed by atoms with Gasteiger partial charge in [-0.05, 0) is 36.2 Å². The lowest BCUT2D eigenvalue weighted by molar-refractivity contribution is 0.415. The lowest BCUT2D eigenvalue weighted by atomic mass is 9.93. The zero-order valence-electron chi connectivity index (χ0n) is 11.3. The van der Waals surface area contributed by atoms with Crippen LogP contribution in [0, 0.1) is 29.6 Å². The third-order valence-corrected chi connectivity index (χ3v) is 3.19. The predicted molar refractivity (Wildman–Crippen MR) is 77.0 cm³/mol. The molecule has 0 bridgehead atoms. The highest BCUT2D eigenvalue weighted by molar-refractivity contribution is 5.81. The number of nitriles is 2. The number of nitrogens with zero attached hydrogens (tertiary/aromatic N) is 2. The van der Waals surface area contributed by atoms with Gasteiger partial charge in [0, 0.05) is 5.56 Å². The molecule has 0 aliphatic carbocycles. The van der Waals surface area contributed by atoms with Crippen molar-refractivity contribution in [3.63, 3.8) is 0 Å². The molecule has 4 heteroatoms. The standard InChI is InChI=1S/C16H13N3O/c1-10-7-13(11-3-5-12(20-2)6-4-11)15(9-18)16(19)14(10)8-17/h3-7H,19H2,1-2H3. The number of anilines is 1. The van der Waals surface area contributed by atoms with Crippen LogP contribution in [0.15, 0.2) is 30.3 Å². The Balaban J connectivity index is 2.68. The van der Waals surface area contributed by atoms with Crippen molar-refractivity contribution >= 4 is 5.69 Å². The van der Waals surface area contributed by atoms with Gasteiger partial charge in [-0.25, -0.2) is 0 Å². The van der Waals surface area contributed by atoms with Gasteiger partial charge in [0.15, 0.2) is 0 Å². The Morgan fingerprint density at radius 1 is 1.05 bits per heavy atom. The molecule has 0 amide bonds. The molecule has 0 heterocycles. The van der Waals surface area contributed by atoms with E-state index in [-0.39, 0.29) is 5.69 Å². The molecule has 2 rings (SSSR count). The highest BCUT2D eigenvalue weighted by Gasteiger charge is 2.15. The molecule has 0 radical (unpaired) electrons. The first kappa shape index (κ1) is 13.5. The molecule has 0 fully saturated rings. The fourth-order valence-corrected chi connectivity index (χ4v) is 2.11. The van der Waals surface area contributed by atoms with Crippen molar-refractivity contribution in [2.45, 2.75) is 6.92 Å². The molecule has 98 valence electrons. The Hall–Kier alpha value is -2.98. The predicted octanol–water partition coefficient (Wildman–Crippen LogP) is 3.00. The van der Waals surface area contributed by atoms with Gasteiger partial charge in [0.1, 0.15) is 17.9 Å². The van der Waals surface area contributed by atoms with Crippen LogP contribution in [0.1, 0.15) is 16.7 Å². The molecular formula is C16H13N3O. The van der Waals surface area contributed by atoms with Crippen LogP contribution < -0.4 is 10.5 Å². The molecule has 0 saturated carbocycles. The number of nitrogen functional groups attached to an aromatic ring is 1. The third-order valence-electron chi connectivity index (χ3n) is 3.19. The number of ether oxygens (including phenoxy) is 1. The molecule has 2 aromatic carbocycles. The Bertz CT molecular complexity index is 734. The van der Waals surface area contributed by atoms with Gasteiger partial charge in [0.2, 0.25) is 0 Å². The summed E-state index contributed by atoms with van der Waals surface area (Å²) in [5.41, 5.74) is 9.21. The normalized spacial score (nSPS) is 9.60. The average Bonchev–Trinajstić information content (AvgIpc) is 2.47. The quantitative estimate of drug-likeness (QED) is 0.844. The van der Waals surface area contributed by atoms with Crippen molar-refractivity contribution < 1.29 is 4.74 Å². The largest absolute Gasteiger partial charge is 0.497 e. The monoisotopic (exact) mass is 263 g/mol. The Kier molecular flexibility index (Phi) is 3.59. The fourth-order valence-electron chi connectivity index (χ4n) is 2.11. The number of nitrogens with two attached hydrogens (primary N) is 1. The van der Waals surface area contributed by atoms with Crippen LogP contribution in [-0.4, -0.2) is 7.11 Å². The maximum Gasteiger partial charge on any atom is 0.118 e. The van der Waals surface area contributed by atoms with Crippen LogP contribution in [0.3, 0.4) is 0 Å². The van der Waals surface area contributed by atoms with E-state index >= 15 is 0 Å². The van der Waals surface area contributed by atoms with E-state index < -0.39 is 0 Å². The highest BCUT2D eigenvalue weighted by Crippen LogP contribution is 2.32. The molecule has 0 aliphatic heterocycles. The van der Waals surface area contributed by atoms with Crippen LogP contribution >= 0.6 is 0 Å². The van der Waals surface area contributed by atoms with Crippen molar-refractivity contribution in [1.29, 1.82) is 10.5 Å². The van der Waals surface area contributed by atoms with Gasteiger partial charge in [0.25, 0.3) is 0 Å². The minimum absolute atomic E-state index is 0.237. The van der Waals surface area contributed by atoms with Crippen molar-refractivity contribution in [2.24, 2.45) is 0 Å². The first-order valence-corrected chi connectivity index (χ1v) is 6.00. The molecule has 0 aliphatic rings. The number of hydrogen-bond acceptors (Lipinski definition) is 4. The second-order valence-corrected chi connectivity index (χ2v) is 4.36. The third kappa shape index (κ3) is 2.15. The van der Waals surface area contributed by atoms with Crippen LogP contribution in [-0.2, 0) is 0 Å². The van der Waals surface area contributed by atoms with Crippen LogP contribution in [0.5, 0.6) is 5.75 Å². The molecule has 0 atom stereocenters. The summed E-state index contributed by atoms with van der Waals surface area (Å²) < 4.78 is 5.11. The average molecular weight is 263 g/mol. The van der Waals surface area contributed by atoms with E-state index in [0.717, 1.165) is 22.4 Å². The van der Waals surface area contributed by atoms with Gasteiger partial charge in [-0.15, -0.1) is 0 Å². The summed E-state index contributed by atoms with van der Waals surface area (Å²) in [5.74, 6) is 0.741. The second-order valence-electron chi connectivity index (χ2n) is 4.36. The minimum atomic E-state index is 0.237. The van der Waals surface area contributed by atoms with E-state index in [1.54, 1.807) is 7.11 Å². The van der Waals surface area contributed by atoms with Crippen molar-refractivity contribution in [3.05, 3.63) is 47.0 Å². The van der Waals surface area contributed by atoms with Gasteiger partial charge in [-0.1, -0.05) is 12.1 Å². The van der Waals surface area contributed by atoms with Crippen LogP contribution in [0.25, 0.3) is 11.1 Å². The zero-order valence-corrected chi connectivity index (χ0v) is 11.3. The maximum atomic E-state index is 9.31. The van der Waals surface area contributed by atoms with Crippen molar-refractivity contribution in [1.82, 2.24) is 0 Å². The van der Waals surface area contributed by atoms with E-state index in [1.807, 2.05) is 43.3 Å². The molecule has 0 aromatic heterocycles. The molecule has 0 spiro atoms. The van der Waals surface area contributed by atoms with Gasteiger partial charge < -0.3 is 10.5 Å². The molecule has 4 nitrogen and oxygen atoms in total. The molecule has 2 N–H and O–H groups in total. The van der Waals surface area contributed by atoms with Crippen LogP contribution in [0.4, 0.5) is 5.69 Å². The Labute approximate surface area is 117 Å². The summed E-state index contributed by atoms with van der Waals surface area (Å²) in [6, 6.07) is 13.3. The number of rotatable bonds is 2. The topological polar surface area (TPSA) is 82.8 Å². The smallest absolute Gasteiger partial charge is 0.118 e. The molecule has 2 aromatic rings. The minimum Gasteiger partial charge on any atom is -0.497 e.